The van der Waals surface area contributed by atoms with E-state index in [1.807, 2.05) is 12.1 Å². The van der Waals surface area contributed by atoms with Gasteiger partial charge in [0.25, 0.3) is 0 Å². The molecule has 5 nitrogen and oxygen atoms in total. The maximum absolute atomic E-state index is 5.19. The summed E-state index contributed by atoms with van der Waals surface area (Å²) in [6, 6.07) is 8.69. The van der Waals surface area contributed by atoms with Gasteiger partial charge in [-0.15, -0.1) is 5.10 Å². The highest BCUT2D eigenvalue weighted by Gasteiger charge is 2.28. The molecule has 1 saturated carbocycles. The highest BCUT2D eigenvalue weighted by atomic mass is 16.5. The van der Waals surface area contributed by atoms with Gasteiger partial charge in [-0.3, -0.25) is 4.90 Å². The molecular weight excluding hydrogens is 312 g/mol. The number of benzene rings is 1. The minimum atomic E-state index is 0.516. The summed E-state index contributed by atoms with van der Waals surface area (Å²) < 4.78 is 7.30. The minimum Gasteiger partial charge on any atom is -0.497 e. The molecule has 0 spiro atoms. The SMILES string of the molecule is COc1ccc(C=CCN2CCC(n3cc(C4CC4)nn3)CC2)cc1. The molecule has 1 aromatic carbocycles. The molecular formula is C20H26N4O. The molecule has 132 valence electrons. The van der Waals surface area contributed by atoms with Crippen molar-refractivity contribution < 1.29 is 4.74 Å². The zero-order valence-electron chi connectivity index (χ0n) is 14.8. The van der Waals surface area contributed by atoms with E-state index in [9.17, 15) is 0 Å². The average Bonchev–Trinajstić information content (AvgIpc) is 3.40. The second kappa shape index (κ2) is 7.40. The number of hydrogen-bond donors (Lipinski definition) is 0. The number of hydrogen-bond acceptors (Lipinski definition) is 4. The summed E-state index contributed by atoms with van der Waals surface area (Å²) in [5.41, 5.74) is 2.41. The molecule has 0 unspecified atom stereocenters. The first-order valence-corrected chi connectivity index (χ1v) is 9.26. The summed E-state index contributed by atoms with van der Waals surface area (Å²) in [4.78, 5) is 2.51. The van der Waals surface area contributed by atoms with Crippen molar-refractivity contribution >= 4 is 6.08 Å². The summed E-state index contributed by atoms with van der Waals surface area (Å²) in [7, 11) is 1.69. The molecule has 0 radical (unpaired) electrons. The largest absolute Gasteiger partial charge is 0.497 e. The molecule has 1 saturated heterocycles. The Kier molecular flexibility index (Phi) is 4.83. The van der Waals surface area contributed by atoms with Crippen molar-refractivity contribution in [1.82, 2.24) is 19.9 Å². The van der Waals surface area contributed by atoms with Crippen LogP contribution in [0.5, 0.6) is 5.75 Å². The van der Waals surface area contributed by atoms with Crippen molar-refractivity contribution in [2.24, 2.45) is 0 Å². The van der Waals surface area contributed by atoms with Crippen LogP contribution in [0, 0.1) is 0 Å². The highest BCUT2D eigenvalue weighted by molar-refractivity contribution is 5.50. The van der Waals surface area contributed by atoms with Crippen molar-refractivity contribution in [3.8, 4) is 5.75 Å². The van der Waals surface area contributed by atoms with Crippen molar-refractivity contribution in [2.75, 3.05) is 26.7 Å². The molecule has 1 aromatic heterocycles. The molecule has 5 heteroatoms. The standard InChI is InChI=1S/C20H26N4O/c1-25-19-8-4-16(5-9-19)3-2-12-23-13-10-18(11-14-23)24-15-20(21-22-24)17-6-7-17/h2-5,8-9,15,17-18H,6-7,10-14H2,1H3. The summed E-state index contributed by atoms with van der Waals surface area (Å²) in [5.74, 6) is 1.59. The average molecular weight is 338 g/mol. The first-order valence-electron chi connectivity index (χ1n) is 9.26. The van der Waals surface area contributed by atoms with Gasteiger partial charge in [-0.05, 0) is 43.4 Å². The van der Waals surface area contributed by atoms with Crippen molar-refractivity contribution in [2.45, 2.75) is 37.6 Å². The van der Waals surface area contributed by atoms with Crippen LogP contribution in [-0.4, -0.2) is 46.6 Å². The lowest BCUT2D eigenvalue weighted by Crippen LogP contribution is -2.34. The number of rotatable bonds is 6. The van der Waals surface area contributed by atoms with Crippen molar-refractivity contribution in [1.29, 1.82) is 0 Å². The van der Waals surface area contributed by atoms with Gasteiger partial charge in [-0.2, -0.15) is 0 Å². The van der Waals surface area contributed by atoms with E-state index in [1.165, 1.54) is 24.1 Å². The number of ether oxygens (including phenoxy) is 1. The Morgan fingerprint density at radius 2 is 1.88 bits per heavy atom. The Bertz CT molecular complexity index is 710. The molecule has 0 bridgehead atoms. The molecule has 0 N–H and O–H groups in total. The summed E-state index contributed by atoms with van der Waals surface area (Å²) in [6.07, 6.45) is 11.5. The maximum Gasteiger partial charge on any atom is 0.118 e. The fourth-order valence-corrected chi connectivity index (χ4v) is 3.45. The highest BCUT2D eigenvalue weighted by Crippen LogP contribution is 2.39. The smallest absolute Gasteiger partial charge is 0.118 e. The van der Waals surface area contributed by atoms with Gasteiger partial charge in [0.15, 0.2) is 0 Å². The van der Waals surface area contributed by atoms with E-state index in [-0.39, 0.29) is 0 Å². The van der Waals surface area contributed by atoms with Crippen LogP contribution in [0.3, 0.4) is 0 Å². The maximum atomic E-state index is 5.19. The van der Waals surface area contributed by atoms with Gasteiger partial charge in [0.1, 0.15) is 5.75 Å². The lowest BCUT2D eigenvalue weighted by molar-refractivity contribution is 0.194. The van der Waals surface area contributed by atoms with Crippen LogP contribution in [0.2, 0.25) is 0 Å². The number of aromatic nitrogens is 3. The third kappa shape index (κ3) is 4.10. The van der Waals surface area contributed by atoms with Gasteiger partial charge in [0, 0.05) is 31.7 Å². The van der Waals surface area contributed by atoms with Gasteiger partial charge in [0.2, 0.25) is 0 Å². The zero-order valence-corrected chi connectivity index (χ0v) is 14.8. The number of piperidine rings is 1. The second-order valence-corrected chi connectivity index (χ2v) is 7.11. The lowest BCUT2D eigenvalue weighted by atomic mass is 10.1. The quantitative estimate of drug-likeness (QED) is 0.808. The fourth-order valence-electron chi connectivity index (χ4n) is 3.45. The van der Waals surface area contributed by atoms with Crippen molar-refractivity contribution in [3.05, 3.63) is 47.8 Å². The molecule has 2 aliphatic rings. The molecule has 0 amide bonds. The van der Waals surface area contributed by atoms with Gasteiger partial charge < -0.3 is 4.74 Å². The predicted octanol–water partition coefficient (Wildman–Crippen LogP) is 3.51. The van der Waals surface area contributed by atoms with Gasteiger partial charge in [0.05, 0.1) is 18.8 Å². The number of methoxy groups -OCH3 is 1. The fraction of sp³-hybridized carbons (Fsp3) is 0.500. The predicted molar refractivity (Wildman–Crippen MR) is 98.7 cm³/mol. The minimum absolute atomic E-state index is 0.516. The molecule has 4 rings (SSSR count). The first-order chi connectivity index (χ1) is 12.3. The molecule has 2 fully saturated rings. The molecule has 2 aromatic rings. The van der Waals surface area contributed by atoms with E-state index in [0.717, 1.165) is 38.2 Å². The zero-order chi connectivity index (χ0) is 17.1. The molecule has 1 aliphatic heterocycles. The Balaban J connectivity index is 1.24. The van der Waals surface area contributed by atoms with E-state index in [1.54, 1.807) is 7.11 Å². The topological polar surface area (TPSA) is 43.2 Å². The lowest BCUT2D eigenvalue weighted by Gasteiger charge is -2.30. The normalized spacial score (nSPS) is 19.6. The summed E-state index contributed by atoms with van der Waals surface area (Å²) in [5, 5.41) is 8.71. The van der Waals surface area contributed by atoms with Crippen LogP contribution in [-0.2, 0) is 0 Å². The van der Waals surface area contributed by atoms with Gasteiger partial charge in [-0.1, -0.05) is 29.5 Å². The Labute approximate surface area is 149 Å². The van der Waals surface area contributed by atoms with E-state index >= 15 is 0 Å². The van der Waals surface area contributed by atoms with Crippen LogP contribution in [0.4, 0.5) is 0 Å². The first kappa shape index (κ1) is 16.3. The van der Waals surface area contributed by atoms with Crippen LogP contribution >= 0.6 is 0 Å². The van der Waals surface area contributed by atoms with Gasteiger partial charge >= 0.3 is 0 Å². The van der Waals surface area contributed by atoms with Crippen LogP contribution in [0.15, 0.2) is 36.5 Å². The third-order valence-electron chi connectivity index (χ3n) is 5.24. The van der Waals surface area contributed by atoms with E-state index < -0.39 is 0 Å². The molecule has 1 aliphatic carbocycles. The summed E-state index contributed by atoms with van der Waals surface area (Å²) >= 11 is 0. The van der Waals surface area contributed by atoms with E-state index in [4.69, 9.17) is 4.74 Å². The van der Waals surface area contributed by atoms with E-state index in [2.05, 4.69) is 50.4 Å². The molecule has 25 heavy (non-hydrogen) atoms. The molecule has 2 heterocycles. The summed E-state index contributed by atoms with van der Waals surface area (Å²) in [6.45, 7) is 3.25. The molecule has 0 atom stereocenters. The van der Waals surface area contributed by atoms with E-state index in [0.29, 0.717) is 12.0 Å². The van der Waals surface area contributed by atoms with Crippen LogP contribution in [0.1, 0.15) is 48.9 Å². The number of likely N-dealkylation sites (tertiary alicyclic amines) is 1. The van der Waals surface area contributed by atoms with Crippen molar-refractivity contribution in [3.63, 3.8) is 0 Å². The van der Waals surface area contributed by atoms with Crippen LogP contribution in [0.25, 0.3) is 6.08 Å². The monoisotopic (exact) mass is 338 g/mol. The Hall–Kier alpha value is -2.14. The van der Waals surface area contributed by atoms with Gasteiger partial charge in [-0.25, -0.2) is 4.68 Å². The Morgan fingerprint density at radius 1 is 1.12 bits per heavy atom. The number of nitrogens with zero attached hydrogens (tertiary/aromatic N) is 4. The second-order valence-electron chi connectivity index (χ2n) is 7.11. The van der Waals surface area contributed by atoms with Crippen LogP contribution < -0.4 is 4.74 Å². The third-order valence-corrected chi connectivity index (χ3v) is 5.24. The Morgan fingerprint density at radius 3 is 2.56 bits per heavy atom.